The van der Waals surface area contributed by atoms with Crippen LogP contribution < -0.4 is 4.90 Å². The number of aryl methyl sites for hydroxylation is 1. The number of aromatic nitrogens is 2. The Morgan fingerprint density at radius 1 is 1.13 bits per heavy atom. The number of nitrogens with one attached hydrogen (secondary N) is 1. The highest BCUT2D eigenvalue weighted by molar-refractivity contribution is 6.36. The number of halogens is 2. The lowest BCUT2D eigenvalue weighted by Crippen LogP contribution is -2.41. The van der Waals surface area contributed by atoms with Crippen LogP contribution in [0.4, 0.5) is 5.69 Å². The van der Waals surface area contributed by atoms with Crippen molar-refractivity contribution in [3.05, 3.63) is 45.2 Å². The molecule has 3 heterocycles. The topological polar surface area (TPSA) is 61.5 Å². The van der Waals surface area contributed by atoms with Gasteiger partial charge in [0, 0.05) is 53.5 Å². The highest BCUT2D eigenvalue weighted by Crippen LogP contribution is 2.36. The molecule has 0 bridgehead atoms. The summed E-state index contributed by atoms with van der Waals surface area (Å²) >= 11 is 13.3. The van der Waals surface area contributed by atoms with Gasteiger partial charge in [0.2, 0.25) is 5.91 Å². The molecule has 1 aromatic heterocycles. The number of carbonyl (C=O) groups excluding carboxylic acids is 1. The number of fused-ring (bicyclic) bond motifs is 1. The van der Waals surface area contributed by atoms with E-state index in [1.165, 1.54) is 5.56 Å². The Labute approximate surface area is 186 Å². The van der Waals surface area contributed by atoms with Gasteiger partial charge in [-0.3, -0.25) is 9.89 Å². The van der Waals surface area contributed by atoms with Crippen molar-refractivity contribution < 1.29 is 9.53 Å². The molecule has 5 rings (SSSR count). The van der Waals surface area contributed by atoms with E-state index in [0.29, 0.717) is 29.7 Å². The van der Waals surface area contributed by atoms with Crippen LogP contribution in [0.1, 0.15) is 29.7 Å². The minimum absolute atomic E-state index is 0.0556. The molecule has 2 aromatic rings. The molecule has 0 radical (unpaired) electrons. The van der Waals surface area contributed by atoms with Crippen LogP contribution in [0.15, 0.2) is 18.3 Å². The number of nitrogens with zero attached hydrogens (tertiary/aromatic N) is 3. The molecule has 2 fully saturated rings. The van der Waals surface area contributed by atoms with E-state index >= 15 is 0 Å². The molecule has 0 saturated carbocycles. The number of carbonyl (C=O) groups is 1. The van der Waals surface area contributed by atoms with Crippen molar-refractivity contribution in [3.8, 4) is 0 Å². The van der Waals surface area contributed by atoms with Gasteiger partial charge in [0.05, 0.1) is 18.9 Å². The van der Waals surface area contributed by atoms with Gasteiger partial charge in [-0.2, -0.15) is 5.10 Å². The number of hydrogen-bond acceptors (Lipinski definition) is 4. The predicted molar refractivity (Wildman–Crippen MR) is 117 cm³/mol. The zero-order valence-electron chi connectivity index (χ0n) is 16.9. The Kier molecular flexibility index (Phi) is 5.65. The molecule has 6 nitrogen and oxygen atoms in total. The Balaban J connectivity index is 1.28. The molecule has 2 saturated heterocycles. The molecule has 1 aliphatic carbocycles. The molecule has 1 aromatic carbocycles. The van der Waals surface area contributed by atoms with Gasteiger partial charge in [-0.1, -0.05) is 23.2 Å². The summed E-state index contributed by atoms with van der Waals surface area (Å²) in [5.41, 5.74) is 4.30. The molecule has 1 N–H and O–H groups in total. The molecule has 2 atom stereocenters. The quantitative estimate of drug-likeness (QED) is 0.777. The summed E-state index contributed by atoms with van der Waals surface area (Å²) in [6.45, 7) is 3.90. The van der Waals surface area contributed by atoms with Gasteiger partial charge >= 0.3 is 0 Å². The van der Waals surface area contributed by atoms with Gasteiger partial charge in [0.15, 0.2) is 0 Å². The lowest BCUT2D eigenvalue weighted by molar-refractivity contribution is -0.133. The molecule has 1 unspecified atom stereocenters. The SMILES string of the molecule is O=C1[C@H](Cc2c(Cl)cc(N3CCOCC3)cc2Cl)CCN1C1CCc2n[nH]cc2C1. The van der Waals surface area contributed by atoms with Gasteiger partial charge < -0.3 is 14.5 Å². The first-order valence-electron chi connectivity index (χ1n) is 10.7. The summed E-state index contributed by atoms with van der Waals surface area (Å²) in [7, 11) is 0. The van der Waals surface area contributed by atoms with Gasteiger partial charge in [-0.05, 0) is 55.4 Å². The van der Waals surface area contributed by atoms with Gasteiger partial charge in [0.1, 0.15) is 0 Å². The summed E-state index contributed by atoms with van der Waals surface area (Å²) in [5, 5.41) is 8.55. The fourth-order valence-electron chi connectivity index (χ4n) is 5.01. The normalized spacial score (nSPS) is 24.4. The largest absolute Gasteiger partial charge is 0.378 e. The molecule has 8 heteroatoms. The van der Waals surface area contributed by atoms with Crippen LogP contribution in [-0.4, -0.2) is 59.9 Å². The maximum Gasteiger partial charge on any atom is 0.226 e. The minimum atomic E-state index is -0.0556. The van der Waals surface area contributed by atoms with Gasteiger partial charge in [-0.25, -0.2) is 0 Å². The van der Waals surface area contributed by atoms with E-state index < -0.39 is 0 Å². The average Bonchev–Trinajstić information content (AvgIpc) is 3.37. The highest BCUT2D eigenvalue weighted by Gasteiger charge is 2.38. The standard InChI is InChI=1S/C22H26Cl2N4O2/c23-19-11-17(27-5-7-30-8-6-27)12-20(24)18(19)10-14-3-4-28(22(14)29)16-1-2-21-15(9-16)13-25-26-21/h11-14,16H,1-10H2,(H,25,26)/t14-,16?/m0/s1. The average molecular weight is 449 g/mol. The number of amides is 1. The minimum Gasteiger partial charge on any atom is -0.378 e. The molecule has 1 amide bonds. The Hall–Kier alpha value is -1.76. The Morgan fingerprint density at radius 2 is 1.90 bits per heavy atom. The molecular formula is C22H26Cl2N4O2. The first-order valence-corrected chi connectivity index (χ1v) is 11.5. The van der Waals surface area contributed by atoms with E-state index in [1.54, 1.807) is 0 Å². The summed E-state index contributed by atoms with van der Waals surface area (Å²) < 4.78 is 5.43. The van der Waals surface area contributed by atoms with E-state index in [1.807, 2.05) is 18.3 Å². The van der Waals surface area contributed by atoms with E-state index in [2.05, 4.69) is 20.0 Å². The molecular weight excluding hydrogens is 423 g/mol. The number of ether oxygens (including phenoxy) is 1. The third-order valence-electron chi connectivity index (χ3n) is 6.72. The van der Waals surface area contributed by atoms with Crippen molar-refractivity contribution in [2.24, 2.45) is 5.92 Å². The third kappa shape index (κ3) is 3.81. The van der Waals surface area contributed by atoms with Crippen LogP contribution in [-0.2, 0) is 28.8 Å². The second kappa shape index (κ2) is 8.40. The smallest absolute Gasteiger partial charge is 0.226 e. The summed E-state index contributed by atoms with van der Waals surface area (Å²) in [6.07, 6.45) is 6.21. The number of hydrogen-bond donors (Lipinski definition) is 1. The zero-order valence-corrected chi connectivity index (χ0v) is 18.4. The van der Waals surface area contributed by atoms with Crippen molar-refractivity contribution in [2.45, 2.75) is 38.1 Å². The Bertz CT molecular complexity index is 918. The Morgan fingerprint density at radius 3 is 2.67 bits per heavy atom. The van der Waals surface area contributed by atoms with Crippen molar-refractivity contribution in [2.75, 3.05) is 37.7 Å². The molecule has 0 spiro atoms. The fourth-order valence-corrected chi connectivity index (χ4v) is 5.64. The number of anilines is 1. The summed E-state index contributed by atoms with van der Waals surface area (Å²) in [4.78, 5) is 17.5. The number of aromatic amines is 1. The van der Waals surface area contributed by atoms with Crippen LogP contribution in [0.25, 0.3) is 0 Å². The van der Waals surface area contributed by atoms with E-state index in [-0.39, 0.29) is 17.9 Å². The fraction of sp³-hybridized carbons (Fsp3) is 0.545. The van der Waals surface area contributed by atoms with Crippen molar-refractivity contribution in [3.63, 3.8) is 0 Å². The number of morpholine rings is 1. The van der Waals surface area contributed by atoms with Crippen LogP contribution in [0.5, 0.6) is 0 Å². The van der Waals surface area contributed by atoms with Crippen LogP contribution in [0, 0.1) is 5.92 Å². The summed E-state index contributed by atoms with van der Waals surface area (Å²) in [5.74, 6) is 0.177. The monoisotopic (exact) mass is 448 g/mol. The van der Waals surface area contributed by atoms with Gasteiger partial charge in [-0.15, -0.1) is 0 Å². The van der Waals surface area contributed by atoms with Crippen LogP contribution in [0.2, 0.25) is 10.0 Å². The van der Waals surface area contributed by atoms with E-state index in [4.69, 9.17) is 27.9 Å². The van der Waals surface area contributed by atoms with E-state index in [0.717, 1.165) is 62.3 Å². The predicted octanol–water partition coefficient (Wildman–Crippen LogP) is 3.50. The molecule has 2 aliphatic heterocycles. The first-order chi connectivity index (χ1) is 14.6. The van der Waals surface area contributed by atoms with Crippen molar-refractivity contribution in [1.82, 2.24) is 15.1 Å². The lowest BCUT2D eigenvalue weighted by atomic mass is 9.92. The van der Waals surface area contributed by atoms with Crippen molar-refractivity contribution >= 4 is 34.8 Å². The molecule has 160 valence electrons. The number of likely N-dealkylation sites (tertiary alicyclic amines) is 1. The number of H-pyrrole nitrogens is 1. The zero-order chi connectivity index (χ0) is 20.7. The number of rotatable bonds is 4. The lowest BCUT2D eigenvalue weighted by Gasteiger charge is -2.31. The maximum absolute atomic E-state index is 13.2. The number of benzene rings is 1. The van der Waals surface area contributed by atoms with E-state index in [9.17, 15) is 4.79 Å². The second-order valence-corrected chi connectivity index (χ2v) is 9.28. The molecule has 30 heavy (non-hydrogen) atoms. The molecule has 3 aliphatic rings. The summed E-state index contributed by atoms with van der Waals surface area (Å²) in [6, 6.07) is 4.22. The van der Waals surface area contributed by atoms with Gasteiger partial charge in [0.25, 0.3) is 0 Å². The third-order valence-corrected chi connectivity index (χ3v) is 7.40. The maximum atomic E-state index is 13.2. The van der Waals surface area contributed by atoms with Crippen LogP contribution >= 0.6 is 23.2 Å². The second-order valence-electron chi connectivity index (χ2n) is 8.46. The van der Waals surface area contributed by atoms with Crippen LogP contribution in [0.3, 0.4) is 0 Å². The highest BCUT2D eigenvalue weighted by atomic mass is 35.5. The van der Waals surface area contributed by atoms with Crippen molar-refractivity contribution in [1.29, 1.82) is 0 Å². The first kappa shape index (κ1) is 20.2.